The Hall–Kier alpha value is -2.73. The molecule has 3 rings (SSSR count). The molecular formula is C19H20ClN3O3. The molecule has 0 aromatic heterocycles. The lowest BCUT2D eigenvalue weighted by Crippen LogP contribution is -2.43. The van der Waals surface area contributed by atoms with Gasteiger partial charge in [0, 0.05) is 17.3 Å². The highest BCUT2D eigenvalue weighted by molar-refractivity contribution is 6.31. The number of hydrogen-bond donors (Lipinski definition) is 2. The number of carbonyl (C=O) groups excluding carboxylic acids is 2. The monoisotopic (exact) mass is 373 g/mol. The summed E-state index contributed by atoms with van der Waals surface area (Å²) < 4.78 is 5.20. The van der Waals surface area contributed by atoms with Crippen LogP contribution in [0.1, 0.15) is 12.0 Å². The van der Waals surface area contributed by atoms with Crippen molar-refractivity contribution in [2.75, 3.05) is 23.9 Å². The van der Waals surface area contributed by atoms with Crippen LogP contribution in [0.2, 0.25) is 5.02 Å². The summed E-state index contributed by atoms with van der Waals surface area (Å²) >= 11 is 5.96. The van der Waals surface area contributed by atoms with E-state index in [1.807, 2.05) is 31.2 Å². The number of nitrogens with zero attached hydrogens (tertiary/aromatic N) is 1. The van der Waals surface area contributed by atoms with Crippen LogP contribution >= 0.6 is 11.6 Å². The van der Waals surface area contributed by atoms with Gasteiger partial charge in [-0.1, -0.05) is 29.3 Å². The maximum absolute atomic E-state index is 12.6. The second kappa shape index (κ2) is 7.66. The fraction of sp³-hybridized carbons (Fsp3) is 0.263. The summed E-state index contributed by atoms with van der Waals surface area (Å²) in [4.78, 5) is 26.6. The summed E-state index contributed by atoms with van der Waals surface area (Å²) in [6.45, 7) is 2.56. The standard InChI is InChI=1S/C19H20ClN3O3/c1-12-3-6-14(7-4-12)23-10-9-15(18(23)24)21-19(25)22-16-11-13(20)5-8-17(16)26-2/h3-8,11,15H,9-10H2,1-2H3,(H2,21,22,25). The smallest absolute Gasteiger partial charge is 0.319 e. The molecule has 0 spiro atoms. The molecule has 0 radical (unpaired) electrons. The van der Waals surface area contributed by atoms with Gasteiger partial charge in [-0.25, -0.2) is 4.79 Å². The molecule has 1 fully saturated rings. The van der Waals surface area contributed by atoms with Crippen LogP contribution in [0.4, 0.5) is 16.2 Å². The first-order chi connectivity index (χ1) is 12.5. The summed E-state index contributed by atoms with van der Waals surface area (Å²) in [7, 11) is 1.51. The molecule has 1 heterocycles. The fourth-order valence-electron chi connectivity index (χ4n) is 2.89. The summed E-state index contributed by atoms with van der Waals surface area (Å²) in [6.07, 6.45) is 0.548. The number of hydrogen-bond acceptors (Lipinski definition) is 3. The van der Waals surface area contributed by atoms with Gasteiger partial charge in [0.05, 0.1) is 12.8 Å². The van der Waals surface area contributed by atoms with Crippen LogP contribution < -0.4 is 20.3 Å². The van der Waals surface area contributed by atoms with Crippen molar-refractivity contribution >= 4 is 34.9 Å². The Morgan fingerprint density at radius 2 is 1.96 bits per heavy atom. The number of anilines is 2. The topological polar surface area (TPSA) is 70.7 Å². The third-order valence-electron chi connectivity index (χ3n) is 4.27. The van der Waals surface area contributed by atoms with E-state index in [1.54, 1.807) is 23.1 Å². The number of halogens is 1. The number of ether oxygens (including phenoxy) is 1. The van der Waals surface area contributed by atoms with Crippen molar-refractivity contribution in [1.29, 1.82) is 0 Å². The minimum atomic E-state index is -0.568. The Labute approximate surface area is 157 Å². The van der Waals surface area contributed by atoms with Crippen LogP contribution in [-0.4, -0.2) is 31.6 Å². The normalized spacial score (nSPS) is 16.5. The van der Waals surface area contributed by atoms with Gasteiger partial charge in [-0.2, -0.15) is 0 Å². The van der Waals surface area contributed by atoms with Gasteiger partial charge in [0.2, 0.25) is 5.91 Å². The average molecular weight is 374 g/mol. The van der Waals surface area contributed by atoms with Crippen LogP contribution in [0.5, 0.6) is 5.75 Å². The summed E-state index contributed by atoms with van der Waals surface area (Å²) in [5, 5.41) is 5.88. The zero-order valence-corrected chi connectivity index (χ0v) is 15.3. The highest BCUT2D eigenvalue weighted by atomic mass is 35.5. The molecular weight excluding hydrogens is 354 g/mol. The number of rotatable bonds is 4. The van der Waals surface area contributed by atoms with Gasteiger partial charge in [0.25, 0.3) is 0 Å². The molecule has 1 saturated heterocycles. The number of carbonyl (C=O) groups is 2. The van der Waals surface area contributed by atoms with E-state index < -0.39 is 12.1 Å². The molecule has 136 valence electrons. The number of nitrogens with one attached hydrogen (secondary N) is 2. The molecule has 3 amide bonds. The number of aryl methyl sites for hydroxylation is 1. The van der Waals surface area contributed by atoms with Gasteiger partial charge in [0.1, 0.15) is 11.8 Å². The second-order valence-corrected chi connectivity index (χ2v) is 6.55. The van der Waals surface area contributed by atoms with Gasteiger partial charge >= 0.3 is 6.03 Å². The molecule has 1 aliphatic rings. The number of benzene rings is 2. The summed E-state index contributed by atoms with van der Waals surface area (Å²) in [6, 6.07) is 11.6. The van der Waals surface area contributed by atoms with Crippen LogP contribution in [0.3, 0.4) is 0 Å². The Kier molecular flexibility index (Phi) is 5.32. The van der Waals surface area contributed by atoms with Gasteiger partial charge in [-0.15, -0.1) is 0 Å². The molecule has 7 heteroatoms. The van der Waals surface area contributed by atoms with E-state index in [9.17, 15) is 9.59 Å². The van der Waals surface area contributed by atoms with Crippen molar-refractivity contribution < 1.29 is 14.3 Å². The van der Waals surface area contributed by atoms with Crippen molar-refractivity contribution in [1.82, 2.24) is 5.32 Å². The third-order valence-corrected chi connectivity index (χ3v) is 4.50. The minimum absolute atomic E-state index is 0.123. The predicted molar refractivity (Wildman–Crippen MR) is 102 cm³/mol. The highest BCUT2D eigenvalue weighted by Gasteiger charge is 2.33. The highest BCUT2D eigenvalue weighted by Crippen LogP contribution is 2.28. The Morgan fingerprint density at radius 1 is 1.23 bits per heavy atom. The molecule has 1 aliphatic heterocycles. The Morgan fingerprint density at radius 3 is 2.65 bits per heavy atom. The van der Waals surface area contributed by atoms with E-state index in [2.05, 4.69) is 10.6 Å². The number of urea groups is 1. The lowest BCUT2D eigenvalue weighted by Gasteiger charge is -2.18. The molecule has 0 bridgehead atoms. The van der Waals surface area contributed by atoms with Crippen LogP contribution in [0.15, 0.2) is 42.5 Å². The van der Waals surface area contributed by atoms with E-state index in [-0.39, 0.29) is 5.91 Å². The minimum Gasteiger partial charge on any atom is -0.495 e. The first-order valence-electron chi connectivity index (χ1n) is 8.27. The summed E-state index contributed by atoms with van der Waals surface area (Å²) in [5.74, 6) is 0.366. The molecule has 1 atom stereocenters. The Bertz CT molecular complexity index is 823. The number of amides is 3. The molecule has 1 unspecified atom stereocenters. The van der Waals surface area contributed by atoms with E-state index in [1.165, 1.54) is 7.11 Å². The van der Waals surface area contributed by atoms with E-state index in [0.29, 0.717) is 29.4 Å². The summed E-state index contributed by atoms with van der Waals surface area (Å²) in [5.41, 5.74) is 2.41. The van der Waals surface area contributed by atoms with Crippen LogP contribution in [0.25, 0.3) is 0 Å². The molecule has 6 nitrogen and oxygen atoms in total. The Balaban J connectivity index is 1.64. The molecule has 0 aliphatic carbocycles. The molecule has 2 aromatic rings. The third kappa shape index (κ3) is 3.91. The maximum Gasteiger partial charge on any atom is 0.319 e. The lowest BCUT2D eigenvalue weighted by molar-refractivity contribution is -0.118. The van der Waals surface area contributed by atoms with E-state index in [0.717, 1.165) is 11.3 Å². The van der Waals surface area contributed by atoms with Crippen molar-refractivity contribution in [3.8, 4) is 5.75 Å². The molecule has 2 aromatic carbocycles. The quantitative estimate of drug-likeness (QED) is 0.860. The van der Waals surface area contributed by atoms with Gasteiger partial charge < -0.3 is 20.3 Å². The lowest BCUT2D eigenvalue weighted by atomic mass is 10.2. The molecule has 0 saturated carbocycles. The number of methoxy groups -OCH3 is 1. The zero-order valence-electron chi connectivity index (χ0n) is 14.6. The first-order valence-corrected chi connectivity index (χ1v) is 8.65. The average Bonchev–Trinajstić information content (AvgIpc) is 2.96. The van der Waals surface area contributed by atoms with Crippen LogP contribution in [0, 0.1) is 6.92 Å². The predicted octanol–water partition coefficient (Wildman–Crippen LogP) is 3.58. The van der Waals surface area contributed by atoms with Crippen molar-refractivity contribution in [3.63, 3.8) is 0 Å². The van der Waals surface area contributed by atoms with E-state index >= 15 is 0 Å². The first kappa shape index (κ1) is 18.1. The van der Waals surface area contributed by atoms with Crippen molar-refractivity contribution in [3.05, 3.63) is 53.1 Å². The molecule has 2 N–H and O–H groups in total. The largest absolute Gasteiger partial charge is 0.495 e. The zero-order chi connectivity index (χ0) is 18.7. The molecule has 26 heavy (non-hydrogen) atoms. The second-order valence-electron chi connectivity index (χ2n) is 6.11. The van der Waals surface area contributed by atoms with Crippen molar-refractivity contribution in [2.45, 2.75) is 19.4 Å². The van der Waals surface area contributed by atoms with Gasteiger partial charge in [0.15, 0.2) is 0 Å². The van der Waals surface area contributed by atoms with Gasteiger partial charge in [-0.05, 0) is 43.7 Å². The van der Waals surface area contributed by atoms with E-state index in [4.69, 9.17) is 16.3 Å². The van der Waals surface area contributed by atoms with Crippen LogP contribution in [-0.2, 0) is 4.79 Å². The fourth-order valence-corrected chi connectivity index (χ4v) is 3.06. The van der Waals surface area contributed by atoms with Gasteiger partial charge in [-0.3, -0.25) is 4.79 Å². The van der Waals surface area contributed by atoms with Crippen molar-refractivity contribution in [2.24, 2.45) is 0 Å². The maximum atomic E-state index is 12.6. The SMILES string of the molecule is COc1ccc(Cl)cc1NC(=O)NC1CCN(c2ccc(C)cc2)C1=O.